The number of esters is 3. The third kappa shape index (κ3) is 65.4. The predicted octanol–water partition coefficient (Wildman–Crippen LogP) is 23.8. The number of hydrogen-bond donors (Lipinski definition) is 0. The van der Waals surface area contributed by atoms with Crippen molar-refractivity contribution in [2.75, 3.05) is 13.2 Å². The molecule has 0 aromatic heterocycles. The molecule has 0 amide bonds. The monoisotopic (exact) mass is 1110 g/mol. The molecule has 80 heavy (non-hydrogen) atoms. The number of carbonyl (C=O) groups excluding carboxylic acids is 3. The Labute approximate surface area is 496 Å². The van der Waals surface area contributed by atoms with Gasteiger partial charge in [-0.05, 0) is 77.0 Å². The number of ether oxygens (including phenoxy) is 3. The Kier molecular flexibility index (Phi) is 65.2. The highest BCUT2D eigenvalue weighted by atomic mass is 16.6. The van der Waals surface area contributed by atoms with E-state index in [9.17, 15) is 14.4 Å². The van der Waals surface area contributed by atoms with Crippen LogP contribution in [0.4, 0.5) is 0 Å². The molecular weight excluding hydrogens is 985 g/mol. The standard InChI is InChI=1S/C74H130O6/c1-4-7-10-13-16-19-22-25-28-30-32-34-36-37-38-40-41-43-46-49-52-55-58-61-64-67-73(76)79-70-71(69-78-72(75)66-63-60-57-54-51-48-45-27-24-21-18-15-12-9-6-3)80-74(77)68-65-62-59-56-53-50-47-44-42-39-35-33-31-29-26-23-20-17-14-11-8-5-2/h7,10,16,19,25,28,32,34,37-38,41,43,49,52,71H,4-6,8-9,11-15,17-18,20-24,26-27,29-31,33,35-36,39-40,42,44-48,50-51,53-70H2,1-3H3/b10-7-,19-16-,28-25-,34-32-,38-37-,43-41-,52-49-. The van der Waals surface area contributed by atoms with E-state index in [1.54, 1.807) is 0 Å². The van der Waals surface area contributed by atoms with Crippen LogP contribution in [0.1, 0.15) is 348 Å². The van der Waals surface area contributed by atoms with Gasteiger partial charge in [-0.2, -0.15) is 0 Å². The van der Waals surface area contributed by atoms with Gasteiger partial charge in [0.05, 0.1) is 0 Å². The minimum atomic E-state index is -0.789. The Hall–Kier alpha value is -3.41. The predicted molar refractivity (Wildman–Crippen MR) is 348 cm³/mol. The Morgan fingerprint density at radius 3 is 0.762 bits per heavy atom. The summed E-state index contributed by atoms with van der Waals surface area (Å²) in [6.45, 7) is 6.56. The first-order valence-corrected chi connectivity index (χ1v) is 34.6. The average molecular weight is 1120 g/mol. The molecule has 6 heteroatoms. The normalized spacial score (nSPS) is 12.6. The maximum Gasteiger partial charge on any atom is 0.306 e. The molecule has 0 aliphatic rings. The first-order chi connectivity index (χ1) is 39.5. The third-order valence-corrected chi connectivity index (χ3v) is 15.2. The zero-order valence-corrected chi connectivity index (χ0v) is 53.1. The van der Waals surface area contributed by atoms with Gasteiger partial charge in [-0.15, -0.1) is 0 Å². The van der Waals surface area contributed by atoms with Gasteiger partial charge in [-0.1, -0.05) is 337 Å². The molecule has 0 N–H and O–H groups in total. The molecule has 0 aliphatic heterocycles. The fourth-order valence-electron chi connectivity index (χ4n) is 10.0. The molecule has 0 saturated heterocycles. The summed E-state index contributed by atoms with van der Waals surface area (Å²) in [5.74, 6) is -0.896. The molecule has 0 aromatic carbocycles. The molecular formula is C74H130O6. The Morgan fingerprint density at radius 2 is 0.487 bits per heavy atom. The van der Waals surface area contributed by atoms with Crippen LogP contribution in [0.15, 0.2) is 85.1 Å². The maximum absolute atomic E-state index is 13.0. The highest BCUT2D eigenvalue weighted by Gasteiger charge is 2.19. The van der Waals surface area contributed by atoms with E-state index in [-0.39, 0.29) is 31.1 Å². The molecule has 0 fully saturated rings. The molecule has 0 bridgehead atoms. The van der Waals surface area contributed by atoms with Crippen molar-refractivity contribution in [3.05, 3.63) is 85.1 Å². The molecule has 6 nitrogen and oxygen atoms in total. The summed E-state index contributed by atoms with van der Waals surface area (Å²) in [5, 5.41) is 0. The molecule has 0 spiro atoms. The Morgan fingerprint density at radius 1 is 0.263 bits per heavy atom. The number of allylic oxidation sites excluding steroid dienone is 14. The van der Waals surface area contributed by atoms with E-state index in [1.165, 1.54) is 199 Å². The van der Waals surface area contributed by atoms with Gasteiger partial charge < -0.3 is 14.2 Å². The second-order valence-electron chi connectivity index (χ2n) is 23.1. The molecule has 0 rings (SSSR count). The summed E-state index contributed by atoms with van der Waals surface area (Å²) in [7, 11) is 0. The fourth-order valence-corrected chi connectivity index (χ4v) is 10.0. The lowest BCUT2D eigenvalue weighted by atomic mass is 10.0. The molecule has 462 valence electrons. The van der Waals surface area contributed by atoms with Crippen LogP contribution >= 0.6 is 0 Å². The van der Waals surface area contributed by atoms with Gasteiger partial charge in [0.15, 0.2) is 6.10 Å². The van der Waals surface area contributed by atoms with Gasteiger partial charge in [0.25, 0.3) is 0 Å². The Bertz CT molecular complexity index is 1520. The van der Waals surface area contributed by atoms with E-state index in [1.807, 2.05) is 0 Å². The lowest BCUT2D eigenvalue weighted by Crippen LogP contribution is -2.30. The van der Waals surface area contributed by atoms with Gasteiger partial charge in [0, 0.05) is 19.3 Å². The van der Waals surface area contributed by atoms with Gasteiger partial charge in [0.2, 0.25) is 0 Å². The zero-order chi connectivity index (χ0) is 57.8. The van der Waals surface area contributed by atoms with Crippen LogP contribution in [-0.4, -0.2) is 37.2 Å². The third-order valence-electron chi connectivity index (χ3n) is 15.2. The van der Waals surface area contributed by atoms with Crippen molar-refractivity contribution in [3.8, 4) is 0 Å². The van der Waals surface area contributed by atoms with Gasteiger partial charge in [0.1, 0.15) is 13.2 Å². The summed E-state index contributed by atoms with van der Waals surface area (Å²) in [6, 6.07) is 0. The van der Waals surface area contributed by atoms with Gasteiger partial charge in [-0.25, -0.2) is 0 Å². The lowest BCUT2D eigenvalue weighted by molar-refractivity contribution is -0.167. The SMILES string of the molecule is CC/C=C\C/C=C\C/C=C\C/C=C\C/C=C\C/C=C\C/C=C\CCCCCC(=O)OCC(COC(=O)CCCCCCCCCCCCCCCCC)OC(=O)CCCCCCCCCCCCCCCCCCCCCCCC. The van der Waals surface area contributed by atoms with Gasteiger partial charge in [-0.3, -0.25) is 14.4 Å². The van der Waals surface area contributed by atoms with Gasteiger partial charge >= 0.3 is 17.9 Å². The van der Waals surface area contributed by atoms with Crippen molar-refractivity contribution >= 4 is 17.9 Å². The smallest absolute Gasteiger partial charge is 0.306 e. The molecule has 0 heterocycles. The number of unbranched alkanes of at least 4 members (excludes halogenated alkanes) is 38. The summed E-state index contributed by atoms with van der Waals surface area (Å²) >= 11 is 0. The molecule has 1 atom stereocenters. The maximum atomic E-state index is 13.0. The van der Waals surface area contributed by atoms with Crippen molar-refractivity contribution in [2.45, 2.75) is 354 Å². The van der Waals surface area contributed by atoms with E-state index in [0.717, 1.165) is 109 Å². The topological polar surface area (TPSA) is 78.9 Å². The lowest BCUT2D eigenvalue weighted by Gasteiger charge is -2.18. The van der Waals surface area contributed by atoms with Crippen LogP contribution in [0.3, 0.4) is 0 Å². The molecule has 0 aliphatic carbocycles. The second-order valence-corrected chi connectivity index (χ2v) is 23.1. The summed E-state index contributed by atoms with van der Waals surface area (Å²) in [4.78, 5) is 38.4. The van der Waals surface area contributed by atoms with E-state index >= 15 is 0 Å². The highest BCUT2D eigenvalue weighted by Crippen LogP contribution is 2.18. The van der Waals surface area contributed by atoms with Crippen LogP contribution < -0.4 is 0 Å². The fraction of sp³-hybridized carbons (Fsp3) is 0.770. The largest absolute Gasteiger partial charge is 0.462 e. The Balaban J connectivity index is 4.38. The quantitative estimate of drug-likeness (QED) is 0.0261. The average Bonchev–Trinajstić information content (AvgIpc) is 3.46. The summed E-state index contributed by atoms with van der Waals surface area (Å²) in [6.07, 6.45) is 90.3. The minimum absolute atomic E-state index is 0.0825. The molecule has 0 aromatic rings. The van der Waals surface area contributed by atoms with E-state index in [4.69, 9.17) is 14.2 Å². The zero-order valence-electron chi connectivity index (χ0n) is 53.1. The van der Waals surface area contributed by atoms with Crippen molar-refractivity contribution in [3.63, 3.8) is 0 Å². The molecule has 0 radical (unpaired) electrons. The van der Waals surface area contributed by atoms with Crippen LogP contribution in [0.5, 0.6) is 0 Å². The highest BCUT2D eigenvalue weighted by molar-refractivity contribution is 5.71. The van der Waals surface area contributed by atoms with E-state index in [0.29, 0.717) is 19.3 Å². The number of carbonyl (C=O) groups is 3. The number of rotatable bonds is 63. The minimum Gasteiger partial charge on any atom is -0.462 e. The summed E-state index contributed by atoms with van der Waals surface area (Å²) in [5.41, 5.74) is 0. The second kappa shape index (κ2) is 68.1. The summed E-state index contributed by atoms with van der Waals surface area (Å²) < 4.78 is 17.0. The first-order valence-electron chi connectivity index (χ1n) is 34.6. The van der Waals surface area contributed by atoms with Crippen LogP contribution in [0.2, 0.25) is 0 Å². The molecule has 1 unspecified atom stereocenters. The first kappa shape index (κ1) is 76.6. The van der Waals surface area contributed by atoms with Crippen molar-refractivity contribution in [1.29, 1.82) is 0 Å². The van der Waals surface area contributed by atoms with Crippen LogP contribution in [-0.2, 0) is 28.6 Å². The van der Waals surface area contributed by atoms with Crippen LogP contribution in [0, 0.1) is 0 Å². The van der Waals surface area contributed by atoms with Crippen LogP contribution in [0.25, 0.3) is 0 Å². The van der Waals surface area contributed by atoms with Crippen molar-refractivity contribution < 1.29 is 28.6 Å². The molecule has 0 saturated carbocycles. The van der Waals surface area contributed by atoms with E-state index in [2.05, 4.69) is 106 Å². The van der Waals surface area contributed by atoms with E-state index < -0.39 is 6.10 Å². The van der Waals surface area contributed by atoms with Crippen molar-refractivity contribution in [2.24, 2.45) is 0 Å². The van der Waals surface area contributed by atoms with Crippen molar-refractivity contribution in [1.82, 2.24) is 0 Å². The number of hydrogen-bond acceptors (Lipinski definition) is 6.